The van der Waals surface area contributed by atoms with Crippen LogP contribution in [0.5, 0.6) is 0 Å². The lowest BCUT2D eigenvalue weighted by molar-refractivity contribution is 0.322. The van der Waals surface area contributed by atoms with E-state index >= 15 is 0 Å². The Morgan fingerprint density at radius 2 is 1.90 bits per heavy atom. The third-order valence-corrected chi connectivity index (χ3v) is 5.48. The lowest BCUT2D eigenvalue weighted by Gasteiger charge is -2.38. The van der Waals surface area contributed by atoms with E-state index in [4.69, 9.17) is 5.73 Å². The second kappa shape index (κ2) is 5.64. The van der Waals surface area contributed by atoms with Crippen LogP contribution in [0.25, 0.3) is 0 Å². The van der Waals surface area contributed by atoms with E-state index in [2.05, 4.69) is 18.9 Å². The van der Waals surface area contributed by atoms with Crippen LogP contribution in [0.1, 0.15) is 32.6 Å². The minimum Gasteiger partial charge on any atom is -0.397 e. The van der Waals surface area contributed by atoms with Gasteiger partial charge in [-0.05, 0) is 37.0 Å². The van der Waals surface area contributed by atoms with Crippen molar-refractivity contribution in [2.24, 2.45) is 5.92 Å². The molecule has 1 fully saturated rings. The number of hydrogen-bond acceptors (Lipinski definition) is 4. The summed E-state index contributed by atoms with van der Waals surface area (Å²) in [5, 5.41) is 0. The van der Waals surface area contributed by atoms with Gasteiger partial charge in [-0.25, -0.2) is 8.42 Å². The molecule has 5 heteroatoms. The van der Waals surface area contributed by atoms with Gasteiger partial charge < -0.3 is 10.6 Å². The highest BCUT2D eigenvalue weighted by Crippen LogP contribution is 2.33. The van der Waals surface area contributed by atoms with Crippen molar-refractivity contribution in [3.63, 3.8) is 0 Å². The van der Waals surface area contributed by atoms with Gasteiger partial charge in [0.25, 0.3) is 0 Å². The Bertz CT molecular complexity index is 584. The average Bonchev–Trinajstić information content (AvgIpc) is 2.37. The smallest absolute Gasteiger partial charge is 0.175 e. The quantitative estimate of drug-likeness (QED) is 0.871. The van der Waals surface area contributed by atoms with Crippen LogP contribution < -0.4 is 10.6 Å². The van der Waals surface area contributed by atoms with Crippen molar-refractivity contribution in [1.29, 1.82) is 0 Å². The van der Waals surface area contributed by atoms with Crippen LogP contribution in [0.4, 0.5) is 11.4 Å². The molecule has 0 amide bonds. The zero-order valence-electron chi connectivity index (χ0n) is 12.5. The molecule has 2 atom stereocenters. The van der Waals surface area contributed by atoms with Crippen LogP contribution in [-0.4, -0.2) is 27.8 Å². The molecule has 0 aliphatic heterocycles. The van der Waals surface area contributed by atoms with Gasteiger partial charge in [0.1, 0.15) is 0 Å². The first kappa shape index (κ1) is 15.2. The van der Waals surface area contributed by atoms with E-state index in [9.17, 15) is 8.42 Å². The van der Waals surface area contributed by atoms with Crippen LogP contribution in [0.15, 0.2) is 23.1 Å². The third kappa shape index (κ3) is 3.08. The van der Waals surface area contributed by atoms with E-state index < -0.39 is 9.84 Å². The highest BCUT2D eigenvalue weighted by molar-refractivity contribution is 7.90. The summed E-state index contributed by atoms with van der Waals surface area (Å²) in [6.45, 7) is 2.28. The summed E-state index contributed by atoms with van der Waals surface area (Å²) in [4.78, 5) is 2.49. The van der Waals surface area contributed by atoms with Crippen LogP contribution in [0.3, 0.4) is 0 Å². The first-order valence-corrected chi connectivity index (χ1v) is 9.02. The molecule has 0 saturated heterocycles. The fraction of sp³-hybridized carbons (Fsp3) is 0.600. The Labute approximate surface area is 121 Å². The number of benzene rings is 1. The summed E-state index contributed by atoms with van der Waals surface area (Å²) >= 11 is 0. The molecule has 0 aromatic heterocycles. The summed E-state index contributed by atoms with van der Waals surface area (Å²) in [6.07, 6.45) is 6.17. The molecule has 1 aromatic carbocycles. The van der Waals surface area contributed by atoms with Gasteiger partial charge in [0.2, 0.25) is 0 Å². The van der Waals surface area contributed by atoms with E-state index in [0.717, 1.165) is 5.69 Å². The fourth-order valence-electron chi connectivity index (χ4n) is 3.14. The van der Waals surface area contributed by atoms with Crippen molar-refractivity contribution in [3.05, 3.63) is 18.2 Å². The molecule has 2 N–H and O–H groups in total. The lowest BCUT2D eigenvalue weighted by Crippen LogP contribution is -2.39. The second-order valence-electron chi connectivity index (χ2n) is 5.93. The van der Waals surface area contributed by atoms with Gasteiger partial charge in [-0.2, -0.15) is 0 Å². The second-order valence-corrected chi connectivity index (χ2v) is 7.95. The predicted molar refractivity (Wildman–Crippen MR) is 83.8 cm³/mol. The normalized spacial score (nSPS) is 23.6. The minimum atomic E-state index is -3.20. The number of hydrogen-bond donors (Lipinski definition) is 1. The summed E-state index contributed by atoms with van der Waals surface area (Å²) in [7, 11) is -1.15. The van der Waals surface area contributed by atoms with Crippen LogP contribution in [0.2, 0.25) is 0 Å². The maximum Gasteiger partial charge on any atom is 0.175 e. The molecule has 2 rings (SSSR count). The average molecular weight is 296 g/mol. The van der Waals surface area contributed by atoms with Gasteiger partial charge in [-0.15, -0.1) is 0 Å². The number of nitrogens with zero attached hydrogens (tertiary/aromatic N) is 1. The molecule has 0 bridgehead atoms. The van der Waals surface area contributed by atoms with Crippen LogP contribution in [0, 0.1) is 5.92 Å². The molecule has 1 aliphatic carbocycles. The summed E-state index contributed by atoms with van der Waals surface area (Å²) < 4.78 is 23.1. The molecule has 2 unspecified atom stereocenters. The zero-order valence-corrected chi connectivity index (χ0v) is 13.3. The van der Waals surface area contributed by atoms with Crippen molar-refractivity contribution in [2.75, 3.05) is 23.9 Å². The summed E-state index contributed by atoms with van der Waals surface area (Å²) in [5.74, 6) is 0.641. The Hall–Kier alpha value is -1.23. The lowest BCUT2D eigenvalue weighted by atomic mass is 9.85. The Morgan fingerprint density at radius 3 is 2.45 bits per heavy atom. The first-order chi connectivity index (χ1) is 9.30. The SMILES string of the molecule is CC1CCCCC1N(C)c1ccc(S(C)(=O)=O)cc1N. The van der Waals surface area contributed by atoms with Crippen molar-refractivity contribution < 1.29 is 8.42 Å². The van der Waals surface area contributed by atoms with Crippen molar-refractivity contribution >= 4 is 21.2 Å². The predicted octanol–water partition coefficient (Wildman–Crippen LogP) is 2.69. The van der Waals surface area contributed by atoms with Crippen LogP contribution in [-0.2, 0) is 9.84 Å². The maximum absolute atomic E-state index is 11.6. The van der Waals surface area contributed by atoms with Crippen LogP contribution >= 0.6 is 0 Å². The van der Waals surface area contributed by atoms with E-state index in [0.29, 0.717) is 17.6 Å². The van der Waals surface area contributed by atoms with Gasteiger partial charge in [0.05, 0.1) is 16.3 Å². The molecule has 20 heavy (non-hydrogen) atoms. The molecule has 0 radical (unpaired) electrons. The topological polar surface area (TPSA) is 63.4 Å². The number of nitrogen functional groups attached to an aromatic ring is 1. The fourth-order valence-corrected chi connectivity index (χ4v) is 3.79. The maximum atomic E-state index is 11.6. The number of nitrogens with two attached hydrogens (primary N) is 1. The van der Waals surface area contributed by atoms with Gasteiger partial charge in [-0.3, -0.25) is 0 Å². The number of anilines is 2. The van der Waals surface area contributed by atoms with Gasteiger partial charge in [0, 0.05) is 19.3 Å². The Morgan fingerprint density at radius 1 is 1.25 bits per heavy atom. The molecular weight excluding hydrogens is 272 g/mol. The molecule has 1 saturated carbocycles. The monoisotopic (exact) mass is 296 g/mol. The van der Waals surface area contributed by atoms with Crippen molar-refractivity contribution in [1.82, 2.24) is 0 Å². The molecule has 112 valence electrons. The first-order valence-electron chi connectivity index (χ1n) is 7.13. The van der Waals surface area contributed by atoms with Crippen molar-refractivity contribution in [2.45, 2.75) is 43.5 Å². The molecule has 0 spiro atoms. The number of rotatable bonds is 3. The van der Waals surface area contributed by atoms with Crippen molar-refractivity contribution in [3.8, 4) is 0 Å². The van der Waals surface area contributed by atoms with E-state index in [-0.39, 0.29) is 4.90 Å². The highest BCUT2D eigenvalue weighted by Gasteiger charge is 2.26. The Kier molecular flexibility index (Phi) is 4.28. The molecule has 1 aliphatic rings. The molecular formula is C15H24N2O2S. The Balaban J connectivity index is 2.28. The summed E-state index contributed by atoms with van der Waals surface area (Å²) in [6, 6.07) is 5.52. The van der Waals surface area contributed by atoms with E-state index in [1.807, 2.05) is 6.07 Å². The van der Waals surface area contributed by atoms with E-state index in [1.165, 1.54) is 31.9 Å². The zero-order chi connectivity index (χ0) is 14.9. The van der Waals surface area contributed by atoms with Gasteiger partial charge >= 0.3 is 0 Å². The highest BCUT2D eigenvalue weighted by atomic mass is 32.2. The number of sulfone groups is 1. The largest absolute Gasteiger partial charge is 0.397 e. The molecule has 0 heterocycles. The van der Waals surface area contributed by atoms with Gasteiger partial charge in [-0.1, -0.05) is 19.8 Å². The minimum absolute atomic E-state index is 0.281. The van der Waals surface area contributed by atoms with E-state index in [1.54, 1.807) is 12.1 Å². The molecule has 4 nitrogen and oxygen atoms in total. The third-order valence-electron chi connectivity index (χ3n) is 4.37. The molecule has 1 aromatic rings. The van der Waals surface area contributed by atoms with Gasteiger partial charge in [0.15, 0.2) is 9.84 Å². The summed E-state index contributed by atoms with van der Waals surface area (Å²) in [5.41, 5.74) is 7.53. The standard InChI is InChI=1S/C15H24N2O2S/c1-11-6-4-5-7-14(11)17(2)15-9-8-12(10-13(15)16)20(3,18)19/h8-11,14H,4-7,16H2,1-3H3.